The average Bonchev–Trinajstić information content (AvgIpc) is 2.33. The van der Waals surface area contributed by atoms with E-state index in [0.717, 1.165) is 11.6 Å². The quantitative estimate of drug-likeness (QED) is 0.735. The van der Waals surface area contributed by atoms with Gasteiger partial charge in [-0.3, -0.25) is 0 Å². The Hall–Kier alpha value is -1.61. The lowest BCUT2D eigenvalue weighted by Crippen LogP contribution is -1.85. The number of hydrogen-bond acceptors (Lipinski definition) is 2. The van der Waals surface area contributed by atoms with Gasteiger partial charge in [0.2, 0.25) is 0 Å². The molecule has 1 aromatic rings. The number of rotatable bonds is 2. The zero-order valence-electron chi connectivity index (χ0n) is 9.47. The number of carboxylic acid groups (broad SMARTS) is 1. The van der Waals surface area contributed by atoms with Crippen molar-refractivity contribution in [3.05, 3.63) is 42.0 Å². The van der Waals surface area contributed by atoms with Crippen LogP contribution in [0.1, 0.15) is 19.4 Å². The highest BCUT2D eigenvalue weighted by atomic mass is 16.4. The van der Waals surface area contributed by atoms with E-state index in [2.05, 4.69) is 5.73 Å². The third kappa shape index (κ3) is 10.3. The van der Waals surface area contributed by atoms with E-state index in [0.29, 0.717) is 0 Å². The Morgan fingerprint density at radius 1 is 1.20 bits per heavy atom. The van der Waals surface area contributed by atoms with E-state index in [1.807, 2.05) is 44.2 Å². The molecule has 84 valence electrons. The summed E-state index contributed by atoms with van der Waals surface area (Å²) in [4.78, 5) is 10.1. The van der Waals surface area contributed by atoms with E-state index in [4.69, 9.17) is 5.11 Å². The molecule has 3 N–H and O–H groups in total. The summed E-state index contributed by atoms with van der Waals surface area (Å²) in [6.45, 7) is 4.00. The third-order valence-corrected chi connectivity index (χ3v) is 1.22. The van der Waals surface area contributed by atoms with Gasteiger partial charge < -0.3 is 10.8 Å². The van der Waals surface area contributed by atoms with Gasteiger partial charge in [0.05, 0.1) is 0 Å². The van der Waals surface area contributed by atoms with Crippen molar-refractivity contribution in [1.29, 1.82) is 0 Å². The molecule has 0 aromatic heterocycles. The predicted molar refractivity (Wildman–Crippen MR) is 64.6 cm³/mol. The summed E-state index contributed by atoms with van der Waals surface area (Å²) in [5, 5.41) is 8.29. The zero-order chi connectivity index (χ0) is 12.1. The zero-order valence-corrected chi connectivity index (χ0v) is 9.47. The minimum absolute atomic E-state index is 0.898. The minimum Gasteiger partial charge on any atom is -0.478 e. The van der Waals surface area contributed by atoms with Gasteiger partial charge in [-0.05, 0) is 18.7 Å². The third-order valence-electron chi connectivity index (χ3n) is 1.22. The Kier molecular flexibility index (Phi) is 13.1. The van der Waals surface area contributed by atoms with Crippen LogP contribution in [-0.2, 0) is 4.79 Å². The molecule has 0 amide bonds. The van der Waals surface area contributed by atoms with E-state index < -0.39 is 5.97 Å². The topological polar surface area (TPSA) is 63.3 Å². The van der Waals surface area contributed by atoms with Gasteiger partial charge >= 0.3 is 5.97 Å². The molecule has 0 aliphatic heterocycles. The first-order valence-electron chi connectivity index (χ1n) is 4.83. The molecule has 0 saturated carbocycles. The van der Waals surface area contributed by atoms with Crippen molar-refractivity contribution in [2.45, 2.75) is 13.8 Å². The van der Waals surface area contributed by atoms with Crippen molar-refractivity contribution in [3.8, 4) is 0 Å². The van der Waals surface area contributed by atoms with Crippen molar-refractivity contribution >= 4 is 12.0 Å². The molecule has 0 bridgehead atoms. The number of carbonyl (C=O) groups is 1. The van der Waals surface area contributed by atoms with Gasteiger partial charge in [0, 0.05) is 6.08 Å². The number of aliphatic carboxylic acids is 1. The molecule has 15 heavy (non-hydrogen) atoms. The summed E-state index contributed by atoms with van der Waals surface area (Å²) in [6, 6.07) is 9.31. The van der Waals surface area contributed by atoms with E-state index in [-0.39, 0.29) is 0 Å². The molecule has 0 aliphatic carbocycles. The Bertz CT molecular complexity index is 268. The summed E-state index contributed by atoms with van der Waals surface area (Å²) < 4.78 is 0. The molecule has 0 aliphatic rings. The molecule has 0 unspecified atom stereocenters. The normalized spacial score (nSPS) is 8.27. The maximum Gasteiger partial charge on any atom is 0.328 e. The monoisotopic (exact) mass is 209 g/mol. The van der Waals surface area contributed by atoms with Gasteiger partial charge in [-0.15, -0.1) is 0 Å². The fourth-order valence-electron chi connectivity index (χ4n) is 0.732. The number of nitrogens with two attached hydrogens (primary N) is 1. The molecule has 0 fully saturated rings. The molecule has 0 heterocycles. The van der Waals surface area contributed by atoms with E-state index in [9.17, 15) is 4.79 Å². The standard InChI is InChI=1S/C9H8O2.C2H6.CH5N/c10-9(11)7-6-8-4-2-1-3-5-8;2*1-2/h1-7H,(H,10,11);1-2H3;2H2,1H3/b7-6+;;. The Balaban J connectivity index is 0. The smallest absolute Gasteiger partial charge is 0.328 e. The molecule has 1 aromatic carbocycles. The van der Waals surface area contributed by atoms with Crippen LogP contribution in [-0.4, -0.2) is 18.1 Å². The Morgan fingerprint density at radius 2 is 1.67 bits per heavy atom. The molecular formula is C12H19NO2. The maximum absolute atomic E-state index is 10.1. The van der Waals surface area contributed by atoms with Crippen LogP contribution < -0.4 is 5.73 Å². The molecule has 0 radical (unpaired) electrons. The largest absolute Gasteiger partial charge is 0.478 e. The first kappa shape index (κ1) is 15.8. The van der Waals surface area contributed by atoms with Gasteiger partial charge in [0.1, 0.15) is 0 Å². The number of hydrogen-bond donors (Lipinski definition) is 2. The number of carboxylic acids is 1. The summed E-state index contributed by atoms with van der Waals surface area (Å²) in [5.74, 6) is -0.922. The summed E-state index contributed by atoms with van der Waals surface area (Å²) in [7, 11) is 1.50. The van der Waals surface area contributed by atoms with E-state index >= 15 is 0 Å². The van der Waals surface area contributed by atoms with Crippen LogP contribution in [0.15, 0.2) is 36.4 Å². The lowest BCUT2D eigenvalue weighted by Gasteiger charge is -1.87. The van der Waals surface area contributed by atoms with Crippen LogP contribution in [0.3, 0.4) is 0 Å². The van der Waals surface area contributed by atoms with Crippen molar-refractivity contribution in [2.75, 3.05) is 7.05 Å². The summed E-state index contributed by atoms with van der Waals surface area (Å²) in [6.07, 6.45) is 2.68. The summed E-state index contributed by atoms with van der Waals surface area (Å²) >= 11 is 0. The minimum atomic E-state index is -0.922. The molecular weight excluding hydrogens is 190 g/mol. The number of benzene rings is 1. The predicted octanol–water partition coefficient (Wildman–Crippen LogP) is 2.39. The van der Waals surface area contributed by atoms with Crippen molar-refractivity contribution in [1.82, 2.24) is 0 Å². The molecule has 3 nitrogen and oxygen atoms in total. The highest BCUT2D eigenvalue weighted by Gasteiger charge is 1.85. The van der Waals surface area contributed by atoms with Crippen LogP contribution in [0.5, 0.6) is 0 Å². The van der Waals surface area contributed by atoms with Gasteiger partial charge in [-0.2, -0.15) is 0 Å². The fourth-order valence-corrected chi connectivity index (χ4v) is 0.732. The lowest BCUT2D eigenvalue weighted by molar-refractivity contribution is -0.131. The van der Waals surface area contributed by atoms with E-state index in [1.165, 1.54) is 7.05 Å². The van der Waals surface area contributed by atoms with Crippen LogP contribution >= 0.6 is 0 Å². The van der Waals surface area contributed by atoms with Crippen LogP contribution in [0.4, 0.5) is 0 Å². The van der Waals surface area contributed by atoms with E-state index in [1.54, 1.807) is 6.08 Å². The van der Waals surface area contributed by atoms with Crippen molar-refractivity contribution in [3.63, 3.8) is 0 Å². The van der Waals surface area contributed by atoms with Gasteiger partial charge in [-0.1, -0.05) is 44.2 Å². The Morgan fingerprint density at radius 3 is 2.07 bits per heavy atom. The Labute approximate surface area is 91.2 Å². The highest BCUT2D eigenvalue weighted by Crippen LogP contribution is 1.99. The van der Waals surface area contributed by atoms with Gasteiger partial charge in [0.15, 0.2) is 0 Å². The van der Waals surface area contributed by atoms with Gasteiger partial charge in [0.25, 0.3) is 0 Å². The fraction of sp³-hybridized carbons (Fsp3) is 0.250. The second-order valence-corrected chi connectivity index (χ2v) is 2.08. The van der Waals surface area contributed by atoms with Crippen LogP contribution in [0, 0.1) is 0 Å². The molecule has 1 rings (SSSR count). The second-order valence-electron chi connectivity index (χ2n) is 2.08. The van der Waals surface area contributed by atoms with Gasteiger partial charge in [-0.25, -0.2) is 4.79 Å². The molecule has 0 saturated heterocycles. The average molecular weight is 209 g/mol. The SMILES string of the molecule is CC.CN.O=C(O)/C=C/c1ccccc1. The second kappa shape index (κ2) is 12.4. The molecule has 3 heteroatoms. The summed E-state index contributed by atoms with van der Waals surface area (Å²) in [5.41, 5.74) is 5.40. The molecule has 0 spiro atoms. The highest BCUT2D eigenvalue weighted by molar-refractivity contribution is 5.85. The lowest BCUT2D eigenvalue weighted by atomic mass is 10.2. The first-order valence-corrected chi connectivity index (χ1v) is 4.83. The van der Waals surface area contributed by atoms with Crippen molar-refractivity contribution < 1.29 is 9.90 Å². The molecule has 0 atom stereocenters. The van der Waals surface area contributed by atoms with Crippen LogP contribution in [0.25, 0.3) is 6.08 Å². The maximum atomic E-state index is 10.1. The first-order chi connectivity index (χ1) is 7.29. The van der Waals surface area contributed by atoms with Crippen LogP contribution in [0.2, 0.25) is 0 Å². The van der Waals surface area contributed by atoms with Crippen molar-refractivity contribution in [2.24, 2.45) is 5.73 Å².